The first-order valence-corrected chi connectivity index (χ1v) is 7.24. The van der Waals surface area contributed by atoms with Gasteiger partial charge in [-0.15, -0.1) is 11.6 Å². The van der Waals surface area contributed by atoms with Gasteiger partial charge in [0.25, 0.3) is 0 Å². The number of likely N-dealkylation sites (tertiary alicyclic amines) is 1. The van der Waals surface area contributed by atoms with Crippen molar-refractivity contribution in [3.05, 3.63) is 35.9 Å². The van der Waals surface area contributed by atoms with Crippen LogP contribution in [0.2, 0.25) is 0 Å². The van der Waals surface area contributed by atoms with Crippen molar-refractivity contribution >= 4 is 11.6 Å². The minimum absolute atomic E-state index is 0.815. The van der Waals surface area contributed by atoms with E-state index in [2.05, 4.69) is 35.2 Å². The summed E-state index contributed by atoms with van der Waals surface area (Å²) >= 11 is 5.77. The van der Waals surface area contributed by atoms with E-state index in [0.717, 1.165) is 18.3 Å². The van der Waals surface area contributed by atoms with Gasteiger partial charge in [0.2, 0.25) is 0 Å². The molecule has 17 heavy (non-hydrogen) atoms. The number of nitrogens with zero attached hydrogens (tertiary/aromatic N) is 1. The van der Waals surface area contributed by atoms with Crippen molar-refractivity contribution in [3.8, 4) is 0 Å². The Kier molecular flexibility index (Phi) is 5.34. The molecule has 1 nitrogen and oxygen atoms in total. The summed E-state index contributed by atoms with van der Waals surface area (Å²) in [7, 11) is 0. The van der Waals surface area contributed by atoms with Gasteiger partial charge < -0.3 is 0 Å². The molecule has 0 bridgehead atoms. The molecule has 0 N–H and O–H groups in total. The summed E-state index contributed by atoms with van der Waals surface area (Å²) in [5.41, 5.74) is 1.44. The fraction of sp³-hybridized carbons (Fsp3) is 0.600. The first-order chi connectivity index (χ1) is 8.38. The van der Waals surface area contributed by atoms with Crippen LogP contribution in [0.3, 0.4) is 0 Å². The number of piperidine rings is 1. The average Bonchev–Trinajstić information content (AvgIpc) is 2.38. The van der Waals surface area contributed by atoms with Crippen LogP contribution in [0.5, 0.6) is 0 Å². The molecule has 1 heterocycles. The molecular weight excluding hydrogens is 230 g/mol. The summed E-state index contributed by atoms with van der Waals surface area (Å²) in [6, 6.07) is 10.8. The van der Waals surface area contributed by atoms with Crippen LogP contribution in [0.1, 0.15) is 31.2 Å². The predicted octanol–water partition coefficient (Wildman–Crippen LogP) is 3.92. The lowest BCUT2D eigenvalue weighted by molar-refractivity contribution is 0.161. The summed E-state index contributed by atoms with van der Waals surface area (Å²) in [6.45, 7) is 3.62. The Balaban J connectivity index is 1.81. The van der Waals surface area contributed by atoms with E-state index in [9.17, 15) is 0 Å². The second-order valence-electron chi connectivity index (χ2n) is 5.06. The highest BCUT2D eigenvalue weighted by Crippen LogP contribution is 2.22. The lowest BCUT2D eigenvalue weighted by Gasteiger charge is -2.32. The van der Waals surface area contributed by atoms with E-state index in [4.69, 9.17) is 11.6 Å². The normalized spacial score (nSPS) is 21.6. The van der Waals surface area contributed by atoms with E-state index in [1.165, 1.54) is 44.3 Å². The van der Waals surface area contributed by atoms with Crippen molar-refractivity contribution in [2.24, 2.45) is 5.92 Å². The van der Waals surface area contributed by atoms with Crippen LogP contribution in [0.25, 0.3) is 0 Å². The van der Waals surface area contributed by atoms with Crippen LogP contribution in [0.15, 0.2) is 30.3 Å². The zero-order valence-corrected chi connectivity index (χ0v) is 11.2. The summed E-state index contributed by atoms with van der Waals surface area (Å²) in [6.07, 6.45) is 5.21. The third-order valence-electron chi connectivity index (χ3n) is 3.60. The van der Waals surface area contributed by atoms with Crippen LogP contribution in [-0.2, 0) is 6.54 Å². The van der Waals surface area contributed by atoms with Gasteiger partial charge >= 0.3 is 0 Å². The number of halogens is 1. The highest BCUT2D eigenvalue weighted by molar-refractivity contribution is 6.17. The van der Waals surface area contributed by atoms with Crippen LogP contribution in [-0.4, -0.2) is 23.9 Å². The number of alkyl halides is 1. The van der Waals surface area contributed by atoms with Crippen LogP contribution < -0.4 is 0 Å². The molecule has 2 rings (SSSR count). The molecule has 0 saturated carbocycles. The second-order valence-corrected chi connectivity index (χ2v) is 5.44. The van der Waals surface area contributed by atoms with Crippen LogP contribution in [0, 0.1) is 5.92 Å². The molecule has 1 unspecified atom stereocenters. The van der Waals surface area contributed by atoms with Crippen LogP contribution >= 0.6 is 11.6 Å². The number of benzene rings is 1. The van der Waals surface area contributed by atoms with Crippen LogP contribution in [0.4, 0.5) is 0 Å². The molecule has 0 spiro atoms. The minimum atomic E-state index is 0.815. The van der Waals surface area contributed by atoms with E-state index in [1.54, 1.807) is 0 Å². The van der Waals surface area contributed by atoms with Crippen molar-refractivity contribution < 1.29 is 0 Å². The molecule has 0 aliphatic carbocycles. The standard InChI is InChI=1S/C15H22ClN/c16-10-4-8-15-9-5-11-17(13-15)12-14-6-2-1-3-7-14/h1-3,6-7,15H,4-5,8-13H2. The summed E-state index contributed by atoms with van der Waals surface area (Å²) in [5.74, 6) is 1.68. The van der Waals surface area contributed by atoms with Gasteiger partial charge in [-0.3, -0.25) is 4.90 Å². The Morgan fingerprint density at radius 2 is 2.06 bits per heavy atom. The van der Waals surface area contributed by atoms with Crippen molar-refractivity contribution in [2.45, 2.75) is 32.2 Å². The van der Waals surface area contributed by atoms with Crippen molar-refractivity contribution in [3.63, 3.8) is 0 Å². The van der Waals surface area contributed by atoms with E-state index in [-0.39, 0.29) is 0 Å². The monoisotopic (exact) mass is 251 g/mol. The summed E-state index contributed by atoms with van der Waals surface area (Å²) in [5, 5.41) is 0. The van der Waals surface area contributed by atoms with Gasteiger partial charge in [0.15, 0.2) is 0 Å². The smallest absolute Gasteiger partial charge is 0.0233 e. The molecule has 1 aliphatic rings. The molecule has 1 fully saturated rings. The summed E-state index contributed by atoms with van der Waals surface area (Å²) in [4.78, 5) is 2.59. The number of hydrogen-bond donors (Lipinski definition) is 0. The topological polar surface area (TPSA) is 3.24 Å². The van der Waals surface area contributed by atoms with E-state index in [1.807, 2.05) is 0 Å². The Morgan fingerprint density at radius 3 is 2.82 bits per heavy atom. The lowest BCUT2D eigenvalue weighted by Crippen LogP contribution is -2.34. The molecule has 1 atom stereocenters. The van der Waals surface area contributed by atoms with Gasteiger partial charge in [-0.25, -0.2) is 0 Å². The molecule has 1 aromatic rings. The SMILES string of the molecule is ClCCCC1CCCN(Cc2ccccc2)C1. The Bertz CT molecular complexity index is 312. The molecule has 1 saturated heterocycles. The third-order valence-corrected chi connectivity index (χ3v) is 3.87. The first-order valence-electron chi connectivity index (χ1n) is 6.70. The molecular formula is C15H22ClN. The average molecular weight is 252 g/mol. The maximum Gasteiger partial charge on any atom is 0.0233 e. The quantitative estimate of drug-likeness (QED) is 0.717. The highest BCUT2D eigenvalue weighted by atomic mass is 35.5. The van der Waals surface area contributed by atoms with E-state index < -0.39 is 0 Å². The Hall–Kier alpha value is -0.530. The predicted molar refractivity (Wildman–Crippen MR) is 74.4 cm³/mol. The molecule has 2 heteroatoms. The van der Waals surface area contributed by atoms with Crippen molar-refractivity contribution in [2.75, 3.05) is 19.0 Å². The largest absolute Gasteiger partial charge is 0.299 e. The molecule has 0 radical (unpaired) electrons. The third kappa shape index (κ3) is 4.33. The first kappa shape index (κ1) is 12.9. The molecule has 94 valence electrons. The number of rotatable bonds is 5. The Morgan fingerprint density at radius 1 is 1.24 bits per heavy atom. The maximum absolute atomic E-state index is 5.77. The minimum Gasteiger partial charge on any atom is -0.299 e. The maximum atomic E-state index is 5.77. The van der Waals surface area contributed by atoms with Gasteiger partial charge in [0.05, 0.1) is 0 Å². The van der Waals surface area contributed by atoms with E-state index in [0.29, 0.717) is 0 Å². The zero-order valence-electron chi connectivity index (χ0n) is 10.4. The molecule has 1 aromatic carbocycles. The summed E-state index contributed by atoms with van der Waals surface area (Å²) < 4.78 is 0. The second kappa shape index (κ2) is 7.03. The van der Waals surface area contributed by atoms with E-state index >= 15 is 0 Å². The molecule has 0 aromatic heterocycles. The van der Waals surface area contributed by atoms with Gasteiger partial charge in [-0.1, -0.05) is 30.3 Å². The lowest BCUT2D eigenvalue weighted by atomic mass is 9.93. The van der Waals surface area contributed by atoms with Gasteiger partial charge in [0, 0.05) is 19.0 Å². The van der Waals surface area contributed by atoms with Gasteiger partial charge in [-0.2, -0.15) is 0 Å². The fourth-order valence-corrected chi connectivity index (χ4v) is 2.89. The molecule has 0 amide bonds. The van der Waals surface area contributed by atoms with Gasteiger partial charge in [-0.05, 0) is 43.7 Å². The highest BCUT2D eigenvalue weighted by Gasteiger charge is 2.19. The molecule has 1 aliphatic heterocycles. The van der Waals surface area contributed by atoms with Crippen molar-refractivity contribution in [1.82, 2.24) is 4.90 Å². The Labute approximate surface area is 110 Å². The van der Waals surface area contributed by atoms with Gasteiger partial charge in [0.1, 0.15) is 0 Å². The fourth-order valence-electron chi connectivity index (χ4n) is 2.74. The van der Waals surface area contributed by atoms with Crippen molar-refractivity contribution in [1.29, 1.82) is 0 Å². The number of hydrogen-bond acceptors (Lipinski definition) is 1. The zero-order chi connectivity index (χ0) is 11.9.